The molecular formula is C8H6Cl2N2O2S. The maximum absolute atomic E-state index is 11.5. The van der Waals surface area contributed by atoms with Gasteiger partial charge in [0.15, 0.2) is 0 Å². The third-order valence-corrected chi connectivity index (χ3v) is 4.48. The van der Waals surface area contributed by atoms with Crippen LogP contribution in [0.15, 0.2) is 29.4 Å². The molecule has 0 atom stereocenters. The van der Waals surface area contributed by atoms with Gasteiger partial charge in [-0.2, -0.15) is 0 Å². The molecule has 0 aliphatic carbocycles. The number of sulfone groups is 1. The lowest BCUT2D eigenvalue weighted by Gasteiger charge is -1.98. The second-order valence-electron chi connectivity index (χ2n) is 2.86. The van der Waals surface area contributed by atoms with Gasteiger partial charge in [0.25, 0.3) is 0 Å². The third-order valence-electron chi connectivity index (χ3n) is 1.87. The molecule has 0 unspecified atom stereocenters. The number of hydrogen-bond acceptors (Lipinski definition) is 3. The molecule has 80 valence electrons. The van der Waals surface area contributed by atoms with Crippen LogP contribution in [0.3, 0.4) is 0 Å². The van der Waals surface area contributed by atoms with Crippen molar-refractivity contribution in [1.29, 1.82) is 0 Å². The molecule has 15 heavy (non-hydrogen) atoms. The Morgan fingerprint density at radius 1 is 1.27 bits per heavy atom. The SMILES string of the molecule is O=S(=O)(c1nc2ccccc2[nH]1)C(Cl)Cl. The summed E-state index contributed by atoms with van der Waals surface area (Å²) in [5, 5.41) is -0.210. The molecule has 0 aliphatic rings. The minimum absolute atomic E-state index is 0.210. The van der Waals surface area contributed by atoms with Gasteiger partial charge in [-0.25, -0.2) is 13.4 Å². The summed E-state index contributed by atoms with van der Waals surface area (Å²) in [6.07, 6.45) is 0. The molecule has 0 radical (unpaired) electrons. The highest BCUT2D eigenvalue weighted by molar-refractivity contribution is 7.94. The zero-order valence-corrected chi connectivity index (χ0v) is 9.64. The van der Waals surface area contributed by atoms with Gasteiger partial charge in [0.2, 0.25) is 19.2 Å². The number of alkyl halides is 2. The Hall–Kier alpha value is -0.780. The molecule has 0 fully saturated rings. The largest absolute Gasteiger partial charge is 0.329 e. The van der Waals surface area contributed by atoms with E-state index in [9.17, 15) is 8.42 Å². The Balaban J connectivity index is 2.64. The number of aromatic amines is 1. The molecule has 0 spiro atoms. The lowest BCUT2D eigenvalue weighted by Crippen LogP contribution is -2.10. The van der Waals surface area contributed by atoms with Crippen LogP contribution in [0.25, 0.3) is 11.0 Å². The average molecular weight is 265 g/mol. The highest BCUT2D eigenvalue weighted by Crippen LogP contribution is 2.21. The minimum Gasteiger partial charge on any atom is -0.329 e. The standard InChI is InChI=1S/C8H6Cl2N2O2S/c9-7(10)15(13,14)8-11-5-3-1-2-4-6(5)12-8/h1-4,7H,(H,11,12). The predicted molar refractivity (Wildman–Crippen MR) is 58.8 cm³/mol. The fourth-order valence-electron chi connectivity index (χ4n) is 1.15. The van der Waals surface area contributed by atoms with Crippen LogP contribution in [0.5, 0.6) is 0 Å². The number of rotatable bonds is 2. The summed E-state index contributed by atoms with van der Waals surface area (Å²) in [6, 6.07) is 6.95. The molecule has 2 aromatic rings. The number of H-pyrrole nitrogens is 1. The first-order chi connectivity index (χ1) is 7.01. The number of hydrogen-bond donors (Lipinski definition) is 1. The van der Waals surface area contributed by atoms with Crippen molar-refractivity contribution < 1.29 is 8.42 Å². The summed E-state index contributed by atoms with van der Waals surface area (Å²) in [6.45, 7) is 0. The summed E-state index contributed by atoms with van der Waals surface area (Å²) in [5.41, 5.74) is 1.19. The first-order valence-corrected chi connectivity index (χ1v) is 6.40. The number of para-hydroxylation sites is 2. The van der Waals surface area contributed by atoms with Crippen molar-refractivity contribution in [2.75, 3.05) is 0 Å². The number of fused-ring (bicyclic) bond motifs is 1. The van der Waals surface area contributed by atoms with E-state index < -0.39 is 14.0 Å². The van der Waals surface area contributed by atoms with Crippen molar-refractivity contribution in [1.82, 2.24) is 9.97 Å². The molecule has 1 N–H and O–H groups in total. The van der Waals surface area contributed by atoms with E-state index in [2.05, 4.69) is 9.97 Å². The van der Waals surface area contributed by atoms with E-state index in [4.69, 9.17) is 23.2 Å². The zero-order valence-electron chi connectivity index (χ0n) is 7.31. The van der Waals surface area contributed by atoms with Gasteiger partial charge in [0, 0.05) is 0 Å². The van der Waals surface area contributed by atoms with Crippen molar-refractivity contribution in [3.8, 4) is 0 Å². The molecule has 1 aromatic carbocycles. The van der Waals surface area contributed by atoms with Gasteiger partial charge >= 0.3 is 0 Å². The second-order valence-corrected chi connectivity index (χ2v) is 6.43. The number of benzene rings is 1. The van der Waals surface area contributed by atoms with Crippen LogP contribution < -0.4 is 0 Å². The Labute approximate surface area is 96.1 Å². The molecular weight excluding hydrogens is 259 g/mol. The van der Waals surface area contributed by atoms with Gasteiger partial charge < -0.3 is 4.98 Å². The summed E-state index contributed by atoms with van der Waals surface area (Å²) in [5.74, 6) is 0. The zero-order chi connectivity index (χ0) is 11.1. The normalized spacial score (nSPS) is 12.5. The van der Waals surface area contributed by atoms with Crippen molar-refractivity contribution >= 4 is 44.1 Å². The summed E-state index contributed by atoms with van der Waals surface area (Å²) in [7, 11) is -3.77. The van der Waals surface area contributed by atoms with Crippen molar-refractivity contribution in [2.45, 2.75) is 9.32 Å². The van der Waals surface area contributed by atoms with Gasteiger partial charge in [0.05, 0.1) is 11.0 Å². The lowest BCUT2D eigenvalue weighted by atomic mass is 10.3. The fraction of sp³-hybridized carbons (Fsp3) is 0.125. The summed E-state index contributed by atoms with van der Waals surface area (Å²) < 4.78 is 21.6. The Morgan fingerprint density at radius 3 is 2.53 bits per heavy atom. The topological polar surface area (TPSA) is 62.8 Å². The van der Waals surface area contributed by atoms with E-state index in [-0.39, 0.29) is 5.16 Å². The Bertz CT molecular complexity index is 558. The minimum atomic E-state index is -3.77. The molecule has 1 heterocycles. The van der Waals surface area contributed by atoms with Crippen LogP contribution in [0.2, 0.25) is 0 Å². The molecule has 2 rings (SSSR count). The smallest absolute Gasteiger partial charge is 0.242 e. The Morgan fingerprint density at radius 2 is 1.93 bits per heavy atom. The molecule has 0 saturated carbocycles. The number of halogens is 2. The third kappa shape index (κ3) is 1.82. The first-order valence-electron chi connectivity index (χ1n) is 3.98. The van der Waals surface area contributed by atoms with E-state index >= 15 is 0 Å². The molecule has 0 aliphatic heterocycles. The molecule has 0 bridgehead atoms. The van der Waals surface area contributed by atoms with Crippen LogP contribution in [0.1, 0.15) is 0 Å². The van der Waals surface area contributed by atoms with E-state index in [0.29, 0.717) is 11.0 Å². The maximum atomic E-state index is 11.5. The van der Waals surface area contributed by atoms with E-state index in [1.54, 1.807) is 24.3 Å². The summed E-state index contributed by atoms with van der Waals surface area (Å²) >= 11 is 10.7. The average Bonchev–Trinajstić information content (AvgIpc) is 2.61. The molecule has 1 aromatic heterocycles. The monoisotopic (exact) mass is 264 g/mol. The van der Waals surface area contributed by atoms with Gasteiger partial charge in [-0.1, -0.05) is 35.3 Å². The number of nitrogens with zero attached hydrogens (tertiary/aromatic N) is 1. The van der Waals surface area contributed by atoms with Crippen molar-refractivity contribution in [3.05, 3.63) is 24.3 Å². The quantitative estimate of drug-likeness (QED) is 0.846. The number of aromatic nitrogens is 2. The van der Waals surface area contributed by atoms with Gasteiger partial charge in [0.1, 0.15) is 0 Å². The lowest BCUT2D eigenvalue weighted by molar-refractivity contribution is 0.592. The van der Waals surface area contributed by atoms with E-state index in [1.807, 2.05) is 0 Å². The fourth-order valence-corrected chi connectivity index (χ4v) is 2.30. The number of nitrogens with one attached hydrogen (secondary N) is 1. The maximum Gasteiger partial charge on any atom is 0.242 e. The number of imidazole rings is 1. The highest BCUT2D eigenvalue weighted by Gasteiger charge is 2.26. The van der Waals surface area contributed by atoms with Crippen LogP contribution in [-0.2, 0) is 9.84 Å². The molecule has 4 nitrogen and oxygen atoms in total. The van der Waals surface area contributed by atoms with Gasteiger partial charge in [-0.15, -0.1) is 0 Å². The van der Waals surface area contributed by atoms with Gasteiger partial charge in [-0.3, -0.25) is 0 Å². The van der Waals surface area contributed by atoms with E-state index in [1.165, 1.54) is 0 Å². The van der Waals surface area contributed by atoms with Crippen LogP contribution >= 0.6 is 23.2 Å². The van der Waals surface area contributed by atoms with Crippen LogP contribution in [0.4, 0.5) is 0 Å². The second kappa shape index (κ2) is 3.66. The van der Waals surface area contributed by atoms with Crippen molar-refractivity contribution in [2.24, 2.45) is 0 Å². The van der Waals surface area contributed by atoms with Gasteiger partial charge in [-0.05, 0) is 12.1 Å². The molecule has 7 heteroatoms. The van der Waals surface area contributed by atoms with Crippen LogP contribution in [0, 0.1) is 0 Å². The van der Waals surface area contributed by atoms with Crippen molar-refractivity contribution in [3.63, 3.8) is 0 Å². The van der Waals surface area contributed by atoms with Crippen LogP contribution in [-0.4, -0.2) is 22.6 Å². The predicted octanol–water partition coefficient (Wildman–Crippen LogP) is 2.10. The highest BCUT2D eigenvalue weighted by atomic mass is 35.5. The Kier molecular flexibility index (Phi) is 2.62. The van der Waals surface area contributed by atoms with E-state index in [0.717, 1.165) is 0 Å². The molecule has 0 amide bonds. The molecule has 0 saturated heterocycles. The summed E-state index contributed by atoms with van der Waals surface area (Å²) in [4.78, 5) is 6.54. The first kappa shape index (κ1) is 10.7.